The second kappa shape index (κ2) is 36.2. The standard InChI is InChI=1S/C49H37NS.C43H33NS.C41H31N/c1-49(2)43-32-40(35-14-8-4-9-15-35)24-28-45(43)50(42-26-22-39(23-27-42)48-31-30-47(51-48)38-16-10-5-11-17-38)46-29-25-41(33-44(46)49)37-20-18-36(19-21-37)34-12-6-3-7-13-34;1-43(2)37-28-34(30-12-6-3-7-13-30)20-24-39(37)44(40-25-21-35(29-38(40)43)31-14-8-4-9-15-31)36-22-18-33(19-23-36)42-27-26-41(45-42)32-16-10-5-11-17-32;1-41(2)37-26-31(28-11-5-3-6-12-28)19-23-39(37)42(40-24-20-32(27-38(40)41)29-13-7-4-8-14-29)34-21-22-36-33(25-34)18-17-30-15-9-10-16-35(30)36/h3-33H,1-2H3;3-29H,1-2H3;3-27H,1-2H3. The third-order valence-corrected chi connectivity index (χ3v) is 30.8. The van der Waals surface area contributed by atoms with E-state index in [1.54, 1.807) is 0 Å². The smallest absolute Gasteiger partial charge is 0.0503 e. The van der Waals surface area contributed by atoms with Crippen LogP contribution in [0.15, 0.2) is 504 Å². The maximum atomic E-state index is 2.47. The lowest BCUT2D eigenvalue weighted by Gasteiger charge is -2.42. The maximum absolute atomic E-state index is 2.47. The van der Waals surface area contributed by atoms with Crippen molar-refractivity contribution in [1.82, 2.24) is 0 Å². The molecule has 3 aliphatic heterocycles. The van der Waals surface area contributed by atoms with Gasteiger partial charge in [-0.3, -0.25) is 0 Å². The van der Waals surface area contributed by atoms with Gasteiger partial charge >= 0.3 is 0 Å². The Hall–Kier alpha value is -16.3. The fourth-order valence-electron chi connectivity index (χ4n) is 21.0. The molecule has 22 aromatic rings. The van der Waals surface area contributed by atoms with Crippen LogP contribution in [0.3, 0.4) is 0 Å². The first kappa shape index (κ1) is 85.9. The van der Waals surface area contributed by atoms with Gasteiger partial charge in [0.05, 0.1) is 34.1 Å². The van der Waals surface area contributed by atoms with Crippen LogP contribution in [0, 0.1) is 0 Å². The highest BCUT2D eigenvalue weighted by atomic mass is 32.1. The summed E-state index contributed by atoms with van der Waals surface area (Å²) in [6.45, 7) is 14.2. The van der Waals surface area contributed by atoms with Crippen molar-refractivity contribution >= 4 is 95.4 Å². The molecule has 5 heteroatoms. The molecule has 5 heterocycles. The summed E-state index contributed by atoms with van der Waals surface area (Å²) in [7, 11) is 0. The van der Waals surface area contributed by atoms with Gasteiger partial charge in [0.1, 0.15) is 0 Å². The number of hydrogen-bond donors (Lipinski definition) is 0. The number of hydrogen-bond acceptors (Lipinski definition) is 5. The lowest BCUT2D eigenvalue weighted by molar-refractivity contribution is 0.632. The van der Waals surface area contributed by atoms with E-state index >= 15 is 0 Å². The van der Waals surface area contributed by atoms with Gasteiger partial charge in [-0.25, -0.2) is 0 Å². The summed E-state index contributed by atoms with van der Waals surface area (Å²) in [5.41, 5.74) is 40.5. The molecule has 0 spiro atoms. The van der Waals surface area contributed by atoms with Gasteiger partial charge in [0, 0.05) is 52.8 Å². The van der Waals surface area contributed by atoms with Crippen molar-refractivity contribution in [3.05, 3.63) is 537 Å². The first-order valence-corrected chi connectivity index (χ1v) is 49.4. The molecular weight excluding hydrogens is 1700 g/mol. The number of nitrogens with zero attached hydrogens (tertiary/aromatic N) is 3. The molecule has 25 rings (SSSR count). The zero-order valence-corrected chi connectivity index (χ0v) is 79.7. The molecule has 0 N–H and O–H groups in total. The van der Waals surface area contributed by atoms with Gasteiger partial charge in [-0.15, -0.1) is 22.7 Å². The molecular formula is C133H101N3S2. The van der Waals surface area contributed by atoms with Gasteiger partial charge in [-0.2, -0.15) is 0 Å². The summed E-state index contributed by atoms with van der Waals surface area (Å²) in [5.74, 6) is 0. The van der Waals surface area contributed by atoms with Gasteiger partial charge in [0.25, 0.3) is 0 Å². The summed E-state index contributed by atoms with van der Waals surface area (Å²) >= 11 is 3.69. The Kier molecular flexibility index (Phi) is 22.5. The minimum Gasteiger partial charge on any atom is -0.310 e. The SMILES string of the molecule is CC1(C)c2cc(-c3ccccc3)ccc2N(c2ccc(-c3ccc(-c4ccccc4)s3)cc2)c2ccc(-c3ccc(-c4ccccc4)cc3)cc21.CC1(C)c2cc(-c3ccccc3)ccc2N(c2ccc(-c3ccc(-c4ccccc4)s3)cc2)c2ccc(-c3ccccc3)cc21.CC1(C)c2cc(-c3ccccc3)ccc2N(c2ccc3c(ccc4ccccc43)c2)c2ccc(-c3ccccc3)cc21. The first-order valence-electron chi connectivity index (χ1n) is 47.8. The van der Waals surface area contributed by atoms with Crippen molar-refractivity contribution in [1.29, 1.82) is 0 Å². The molecule has 0 radical (unpaired) electrons. The van der Waals surface area contributed by atoms with Crippen molar-refractivity contribution in [3.63, 3.8) is 0 Å². The predicted octanol–water partition coefficient (Wildman–Crippen LogP) is 38.2. The minimum absolute atomic E-state index is 0.191. The second-order valence-electron chi connectivity index (χ2n) is 37.9. The Labute approximate surface area is 818 Å². The topological polar surface area (TPSA) is 9.72 Å². The molecule has 138 heavy (non-hydrogen) atoms. The number of benzene rings is 20. The molecule has 2 aromatic heterocycles. The summed E-state index contributed by atoms with van der Waals surface area (Å²) in [4.78, 5) is 12.5. The van der Waals surface area contributed by atoms with E-state index in [1.165, 1.54) is 214 Å². The summed E-state index contributed by atoms with van der Waals surface area (Å²) in [6, 6.07) is 184. The summed E-state index contributed by atoms with van der Waals surface area (Å²) < 4.78 is 0. The minimum atomic E-state index is -0.226. The van der Waals surface area contributed by atoms with Crippen LogP contribution in [0.1, 0.15) is 74.9 Å². The van der Waals surface area contributed by atoms with Crippen LogP contribution in [0.2, 0.25) is 0 Å². The average Bonchev–Trinajstić information content (AvgIpc) is 0.945. The monoisotopic (exact) mass is 1800 g/mol. The highest BCUT2D eigenvalue weighted by molar-refractivity contribution is 7.19. The van der Waals surface area contributed by atoms with E-state index in [0.717, 1.165) is 11.4 Å². The predicted molar refractivity (Wildman–Crippen MR) is 590 cm³/mol. The van der Waals surface area contributed by atoms with E-state index in [9.17, 15) is 0 Å². The van der Waals surface area contributed by atoms with Crippen LogP contribution in [0.5, 0.6) is 0 Å². The van der Waals surface area contributed by atoms with Crippen LogP contribution in [0.25, 0.3) is 141 Å². The summed E-state index contributed by atoms with van der Waals surface area (Å²) in [5, 5.41) is 5.10. The lowest BCUT2D eigenvalue weighted by Crippen LogP contribution is -2.30. The Morgan fingerprint density at radius 1 is 0.145 bits per heavy atom. The lowest BCUT2D eigenvalue weighted by atomic mass is 9.72. The third-order valence-electron chi connectivity index (χ3n) is 28.5. The van der Waals surface area contributed by atoms with E-state index in [-0.39, 0.29) is 16.2 Å². The molecule has 3 aliphatic rings. The second-order valence-corrected chi connectivity index (χ2v) is 40.1. The average molecular weight is 1810 g/mol. The Morgan fingerprint density at radius 2 is 0.341 bits per heavy atom. The van der Waals surface area contributed by atoms with Crippen LogP contribution >= 0.6 is 22.7 Å². The van der Waals surface area contributed by atoms with Gasteiger partial charge in [0.15, 0.2) is 0 Å². The molecule has 0 amide bonds. The van der Waals surface area contributed by atoms with Gasteiger partial charge < -0.3 is 14.7 Å². The fourth-order valence-corrected chi connectivity index (χ4v) is 23.0. The highest BCUT2D eigenvalue weighted by Gasteiger charge is 2.42. The quantitative estimate of drug-likeness (QED) is 0.100. The maximum Gasteiger partial charge on any atom is 0.0503 e. The van der Waals surface area contributed by atoms with Crippen LogP contribution in [0.4, 0.5) is 51.2 Å². The first-order chi connectivity index (χ1) is 67.7. The Morgan fingerprint density at radius 3 is 0.630 bits per heavy atom. The zero-order chi connectivity index (χ0) is 93.0. The van der Waals surface area contributed by atoms with E-state index in [0.29, 0.717) is 0 Å². The highest BCUT2D eigenvalue weighted by Crippen LogP contribution is 2.59. The molecule has 0 aliphatic carbocycles. The fraction of sp³-hybridized carbons (Fsp3) is 0.0677. The molecule has 0 atom stereocenters. The van der Waals surface area contributed by atoms with Crippen molar-refractivity contribution in [2.24, 2.45) is 0 Å². The van der Waals surface area contributed by atoms with Crippen LogP contribution < -0.4 is 14.7 Å². The van der Waals surface area contributed by atoms with E-state index < -0.39 is 0 Å². The number of thiophene rings is 2. The molecule has 0 saturated heterocycles. The molecule has 660 valence electrons. The van der Waals surface area contributed by atoms with Crippen molar-refractivity contribution < 1.29 is 0 Å². The van der Waals surface area contributed by atoms with E-state index in [1.807, 2.05) is 22.7 Å². The molecule has 0 bridgehead atoms. The molecule has 3 nitrogen and oxygen atoms in total. The van der Waals surface area contributed by atoms with Crippen LogP contribution in [-0.4, -0.2) is 0 Å². The van der Waals surface area contributed by atoms with E-state index in [4.69, 9.17) is 0 Å². The van der Waals surface area contributed by atoms with Crippen LogP contribution in [-0.2, 0) is 16.2 Å². The Bertz CT molecular complexity index is 8030. The Balaban J connectivity index is 0.000000117. The van der Waals surface area contributed by atoms with Crippen molar-refractivity contribution in [3.8, 4) is 120 Å². The van der Waals surface area contributed by atoms with Gasteiger partial charge in [0.2, 0.25) is 0 Å². The van der Waals surface area contributed by atoms with E-state index in [2.05, 4.69) is 560 Å². The molecule has 20 aromatic carbocycles. The number of rotatable bonds is 14. The van der Waals surface area contributed by atoms with Crippen molar-refractivity contribution in [2.75, 3.05) is 14.7 Å². The molecule has 0 unspecified atom stereocenters. The van der Waals surface area contributed by atoms with Crippen molar-refractivity contribution in [2.45, 2.75) is 57.8 Å². The number of fused-ring (bicyclic) bond motifs is 9. The third kappa shape index (κ3) is 16.2. The zero-order valence-electron chi connectivity index (χ0n) is 78.1. The van der Waals surface area contributed by atoms with Gasteiger partial charge in [-0.05, 0) is 289 Å². The summed E-state index contributed by atoms with van der Waals surface area (Å²) in [6.07, 6.45) is 0. The normalized spacial score (nSPS) is 13.3. The number of anilines is 9. The largest absolute Gasteiger partial charge is 0.310 e. The molecule has 0 saturated carbocycles. The van der Waals surface area contributed by atoms with Gasteiger partial charge in [-0.1, -0.05) is 412 Å². The molecule has 0 fully saturated rings.